The van der Waals surface area contributed by atoms with E-state index in [9.17, 15) is 14.4 Å². The quantitative estimate of drug-likeness (QED) is 0.440. The molecule has 3 amide bonds. The van der Waals surface area contributed by atoms with Crippen LogP contribution in [0.2, 0.25) is 0 Å². The molecule has 1 aliphatic heterocycles. The molecule has 1 heterocycles. The molecule has 0 spiro atoms. The van der Waals surface area contributed by atoms with E-state index in [0.29, 0.717) is 33.3 Å². The standard InChI is InChI=1S/C25H25BrN2O4S/c26-20-13-18(11-12-21(20)32-16-23(29)27-19-9-5-2-6-10-19)14-22-24(30)28(25(31)33-22)15-17-7-3-1-4-8-17/h2,5-6,9-14,17H,1,3-4,7-8,15-16H2,(H,27,29)/b22-14+. The van der Waals surface area contributed by atoms with Gasteiger partial charge in [-0.3, -0.25) is 19.3 Å². The summed E-state index contributed by atoms with van der Waals surface area (Å²) in [5.74, 6) is 0.449. The summed E-state index contributed by atoms with van der Waals surface area (Å²) >= 11 is 4.45. The van der Waals surface area contributed by atoms with Crippen LogP contribution >= 0.6 is 27.7 Å². The van der Waals surface area contributed by atoms with E-state index in [1.807, 2.05) is 18.2 Å². The number of carbonyl (C=O) groups is 3. The maximum absolute atomic E-state index is 12.8. The van der Waals surface area contributed by atoms with Crippen molar-refractivity contribution in [2.75, 3.05) is 18.5 Å². The Labute approximate surface area is 205 Å². The number of hydrogen-bond donors (Lipinski definition) is 1. The number of thioether (sulfide) groups is 1. The van der Waals surface area contributed by atoms with Crippen LogP contribution in [0.5, 0.6) is 5.75 Å². The van der Waals surface area contributed by atoms with Crippen molar-refractivity contribution < 1.29 is 19.1 Å². The van der Waals surface area contributed by atoms with Crippen LogP contribution in [0.15, 0.2) is 57.9 Å². The maximum Gasteiger partial charge on any atom is 0.293 e. The Morgan fingerprint density at radius 1 is 1.12 bits per heavy atom. The number of carbonyl (C=O) groups excluding carboxylic acids is 3. The molecule has 0 unspecified atom stereocenters. The summed E-state index contributed by atoms with van der Waals surface area (Å²) in [5.41, 5.74) is 1.48. The van der Waals surface area contributed by atoms with E-state index in [1.165, 1.54) is 24.2 Å². The molecule has 0 bridgehead atoms. The number of nitrogens with one attached hydrogen (secondary N) is 1. The molecule has 0 atom stereocenters. The van der Waals surface area contributed by atoms with E-state index in [4.69, 9.17) is 4.74 Å². The lowest BCUT2D eigenvalue weighted by Crippen LogP contribution is -2.34. The summed E-state index contributed by atoms with van der Waals surface area (Å²) in [6, 6.07) is 14.5. The zero-order valence-corrected chi connectivity index (χ0v) is 20.5. The molecule has 172 valence electrons. The lowest BCUT2D eigenvalue weighted by atomic mass is 9.89. The molecular formula is C25H25BrN2O4S. The molecule has 2 aromatic carbocycles. The van der Waals surface area contributed by atoms with E-state index >= 15 is 0 Å². The minimum absolute atomic E-state index is 0.132. The van der Waals surface area contributed by atoms with Crippen LogP contribution in [0.3, 0.4) is 0 Å². The Morgan fingerprint density at radius 2 is 1.88 bits per heavy atom. The first-order valence-electron chi connectivity index (χ1n) is 11.0. The van der Waals surface area contributed by atoms with Crippen molar-refractivity contribution in [3.63, 3.8) is 0 Å². The van der Waals surface area contributed by atoms with Gasteiger partial charge in [-0.25, -0.2) is 0 Å². The zero-order chi connectivity index (χ0) is 23.2. The Hall–Kier alpha value is -2.58. The van der Waals surface area contributed by atoms with Crippen LogP contribution in [0.4, 0.5) is 10.5 Å². The molecule has 1 N–H and O–H groups in total. The van der Waals surface area contributed by atoms with Gasteiger partial charge in [-0.15, -0.1) is 0 Å². The largest absolute Gasteiger partial charge is 0.483 e. The SMILES string of the molecule is O=C(COc1ccc(/C=C2/SC(=O)N(CC3CCCCC3)C2=O)cc1Br)Nc1ccccc1. The molecule has 1 aliphatic carbocycles. The number of anilines is 1. The van der Waals surface area contributed by atoms with E-state index in [1.54, 1.807) is 36.4 Å². The van der Waals surface area contributed by atoms with Crippen molar-refractivity contribution in [1.82, 2.24) is 4.90 Å². The van der Waals surface area contributed by atoms with Gasteiger partial charge in [0.2, 0.25) is 0 Å². The fourth-order valence-corrected chi connectivity index (χ4v) is 5.38. The monoisotopic (exact) mass is 528 g/mol. The van der Waals surface area contributed by atoms with Gasteiger partial charge >= 0.3 is 0 Å². The lowest BCUT2D eigenvalue weighted by Gasteiger charge is -2.25. The number of imide groups is 1. The van der Waals surface area contributed by atoms with Gasteiger partial charge in [-0.1, -0.05) is 43.5 Å². The fourth-order valence-electron chi connectivity index (χ4n) is 4.02. The van der Waals surface area contributed by atoms with Crippen LogP contribution in [-0.2, 0) is 9.59 Å². The first-order valence-corrected chi connectivity index (χ1v) is 12.6. The van der Waals surface area contributed by atoms with Gasteiger partial charge in [-0.2, -0.15) is 0 Å². The van der Waals surface area contributed by atoms with E-state index in [2.05, 4.69) is 21.2 Å². The Balaban J connectivity index is 1.35. The van der Waals surface area contributed by atoms with Gasteiger partial charge in [0, 0.05) is 12.2 Å². The predicted molar refractivity (Wildman–Crippen MR) is 134 cm³/mol. The minimum atomic E-state index is -0.260. The maximum atomic E-state index is 12.8. The van der Waals surface area contributed by atoms with E-state index in [-0.39, 0.29) is 23.7 Å². The van der Waals surface area contributed by atoms with Crippen LogP contribution in [0.25, 0.3) is 6.08 Å². The lowest BCUT2D eigenvalue weighted by molar-refractivity contribution is -0.123. The third-order valence-corrected chi connectivity index (χ3v) is 7.24. The second-order valence-corrected chi connectivity index (χ2v) is 10.0. The van der Waals surface area contributed by atoms with Gasteiger partial charge < -0.3 is 10.1 Å². The van der Waals surface area contributed by atoms with Gasteiger partial charge in [0.05, 0.1) is 9.38 Å². The molecule has 6 nitrogen and oxygen atoms in total. The zero-order valence-electron chi connectivity index (χ0n) is 18.1. The average Bonchev–Trinajstić information content (AvgIpc) is 3.07. The summed E-state index contributed by atoms with van der Waals surface area (Å²) in [6.45, 7) is 0.385. The smallest absolute Gasteiger partial charge is 0.293 e. The van der Waals surface area contributed by atoms with Crippen molar-refractivity contribution in [2.24, 2.45) is 5.92 Å². The number of halogens is 1. The third kappa shape index (κ3) is 6.26. The van der Waals surface area contributed by atoms with E-state index < -0.39 is 0 Å². The number of benzene rings is 2. The second kappa shape index (κ2) is 11.0. The van der Waals surface area contributed by atoms with Gasteiger partial charge in [0.1, 0.15) is 5.75 Å². The number of ether oxygens (including phenoxy) is 1. The number of amides is 3. The third-order valence-electron chi connectivity index (χ3n) is 5.71. The topological polar surface area (TPSA) is 75.7 Å². The van der Waals surface area contributed by atoms with Crippen LogP contribution in [0, 0.1) is 5.92 Å². The van der Waals surface area contributed by atoms with Crippen LogP contribution in [-0.4, -0.2) is 35.1 Å². The summed E-state index contributed by atoms with van der Waals surface area (Å²) in [5, 5.41) is 2.57. The number of rotatable bonds is 7. The van der Waals surface area contributed by atoms with Crippen molar-refractivity contribution in [3.05, 3.63) is 63.5 Å². The Morgan fingerprint density at radius 3 is 2.61 bits per heavy atom. The highest BCUT2D eigenvalue weighted by molar-refractivity contribution is 9.10. The molecular weight excluding hydrogens is 504 g/mol. The normalized spacial score (nSPS) is 18.1. The van der Waals surface area contributed by atoms with E-state index in [0.717, 1.165) is 30.2 Å². The number of nitrogens with zero attached hydrogens (tertiary/aromatic N) is 1. The average molecular weight is 529 g/mol. The van der Waals surface area contributed by atoms with Gasteiger partial charge in [0.15, 0.2) is 6.61 Å². The van der Waals surface area contributed by atoms with Crippen molar-refractivity contribution >= 4 is 56.5 Å². The highest BCUT2D eigenvalue weighted by Crippen LogP contribution is 2.36. The fraction of sp³-hybridized carbons (Fsp3) is 0.320. The van der Waals surface area contributed by atoms with Gasteiger partial charge in [0.25, 0.3) is 17.1 Å². The second-order valence-electron chi connectivity index (χ2n) is 8.19. The van der Waals surface area contributed by atoms with Gasteiger partial charge in [-0.05, 0) is 82.4 Å². The molecule has 1 saturated heterocycles. The predicted octanol–water partition coefficient (Wildman–Crippen LogP) is 6.08. The summed E-state index contributed by atoms with van der Waals surface area (Å²) in [4.78, 5) is 39.1. The highest BCUT2D eigenvalue weighted by Gasteiger charge is 2.36. The molecule has 2 aliphatic rings. The molecule has 0 aromatic heterocycles. The minimum Gasteiger partial charge on any atom is -0.483 e. The molecule has 8 heteroatoms. The van der Waals surface area contributed by atoms with Crippen LogP contribution < -0.4 is 10.1 Å². The molecule has 33 heavy (non-hydrogen) atoms. The van der Waals surface area contributed by atoms with Crippen molar-refractivity contribution in [1.29, 1.82) is 0 Å². The molecule has 0 radical (unpaired) electrons. The first kappa shape index (κ1) is 23.6. The number of hydrogen-bond acceptors (Lipinski definition) is 5. The van der Waals surface area contributed by atoms with Crippen molar-refractivity contribution in [3.8, 4) is 5.75 Å². The molecule has 1 saturated carbocycles. The Kier molecular flexibility index (Phi) is 7.88. The molecule has 2 fully saturated rings. The first-order chi connectivity index (χ1) is 16.0. The molecule has 4 rings (SSSR count). The van der Waals surface area contributed by atoms with Crippen molar-refractivity contribution in [2.45, 2.75) is 32.1 Å². The highest BCUT2D eigenvalue weighted by atomic mass is 79.9. The Bertz CT molecular complexity index is 1070. The number of para-hydroxylation sites is 1. The van der Waals surface area contributed by atoms with Crippen LogP contribution in [0.1, 0.15) is 37.7 Å². The summed E-state index contributed by atoms with van der Waals surface area (Å²) in [7, 11) is 0. The molecule has 2 aromatic rings. The summed E-state index contributed by atoms with van der Waals surface area (Å²) in [6.07, 6.45) is 7.48. The summed E-state index contributed by atoms with van der Waals surface area (Å²) < 4.78 is 6.28.